The molecular formula is C16H22BrN3O. The van der Waals surface area contributed by atoms with E-state index in [1.54, 1.807) is 6.08 Å². The van der Waals surface area contributed by atoms with E-state index in [9.17, 15) is 4.79 Å². The minimum absolute atomic E-state index is 0.0790. The Labute approximate surface area is 134 Å². The molecule has 1 aliphatic heterocycles. The van der Waals surface area contributed by atoms with Gasteiger partial charge in [0, 0.05) is 43.7 Å². The molecule has 1 saturated heterocycles. The second-order valence-corrected chi connectivity index (χ2v) is 6.19. The van der Waals surface area contributed by atoms with Crippen molar-refractivity contribution in [2.24, 2.45) is 0 Å². The summed E-state index contributed by atoms with van der Waals surface area (Å²) in [6, 6.07) is 8.43. The Morgan fingerprint density at radius 1 is 1.29 bits per heavy atom. The smallest absolute Gasteiger partial charge is 0.234 e. The van der Waals surface area contributed by atoms with E-state index in [0.29, 0.717) is 13.1 Å². The van der Waals surface area contributed by atoms with Crippen LogP contribution in [0.2, 0.25) is 0 Å². The molecule has 0 atom stereocenters. The quantitative estimate of drug-likeness (QED) is 0.794. The maximum absolute atomic E-state index is 11.7. The first-order valence-electron chi connectivity index (χ1n) is 7.24. The van der Waals surface area contributed by atoms with Gasteiger partial charge in [-0.05, 0) is 17.7 Å². The highest BCUT2D eigenvalue weighted by Gasteiger charge is 2.18. The lowest BCUT2D eigenvalue weighted by atomic mass is 10.2. The molecule has 0 saturated carbocycles. The zero-order valence-corrected chi connectivity index (χ0v) is 13.8. The second-order valence-electron chi connectivity index (χ2n) is 5.27. The number of nitrogens with one attached hydrogen (secondary N) is 1. The number of piperazine rings is 1. The van der Waals surface area contributed by atoms with E-state index in [1.165, 1.54) is 5.56 Å². The number of benzene rings is 1. The number of hydrogen-bond donors (Lipinski definition) is 1. The number of rotatable bonds is 6. The lowest BCUT2D eigenvalue weighted by molar-refractivity contribution is -0.122. The molecule has 1 aromatic rings. The number of carbonyl (C=O) groups excluding carboxylic acids is 1. The van der Waals surface area contributed by atoms with Gasteiger partial charge in [-0.25, -0.2) is 0 Å². The van der Waals surface area contributed by atoms with Crippen LogP contribution in [0.3, 0.4) is 0 Å². The van der Waals surface area contributed by atoms with Crippen molar-refractivity contribution in [2.45, 2.75) is 6.54 Å². The molecule has 1 aromatic carbocycles. The molecule has 5 heteroatoms. The summed E-state index contributed by atoms with van der Waals surface area (Å²) in [6.07, 6.45) is 1.70. The van der Waals surface area contributed by atoms with Crippen LogP contribution in [0.5, 0.6) is 0 Å². The normalized spacial score (nSPS) is 16.6. The summed E-state index contributed by atoms with van der Waals surface area (Å²) in [4.78, 5) is 16.3. The molecule has 1 fully saturated rings. The highest BCUT2D eigenvalue weighted by molar-refractivity contribution is 9.10. The van der Waals surface area contributed by atoms with Crippen LogP contribution in [0.4, 0.5) is 0 Å². The Kier molecular flexibility index (Phi) is 6.42. The van der Waals surface area contributed by atoms with E-state index in [4.69, 9.17) is 0 Å². The Bertz CT molecular complexity index is 484. The predicted molar refractivity (Wildman–Crippen MR) is 89.1 cm³/mol. The van der Waals surface area contributed by atoms with Crippen LogP contribution in [0, 0.1) is 0 Å². The number of amides is 1. The topological polar surface area (TPSA) is 35.6 Å². The summed E-state index contributed by atoms with van der Waals surface area (Å²) in [6.45, 7) is 9.48. The third kappa shape index (κ3) is 5.61. The highest BCUT2D eigenvalue weighted by Crippen LogP contribution is 2.14. The molecule has 21 heavy (non-hydrogen) atoms. The summed E-state index contributed by atoms with van der Waals surface area (Å²) < 4.78 is 1.12. The van der Waals surface area contributed by atoms with Crippen molar-refractivity contribution in [3.05, 3.63) is 47.0 Å². The molecule has 0 aliphatic carbocycles. The van der Waals surface area contributed by atoms with E-state index in [2.05, 4.69) is 55.8 Å². The maximum atomic E-state index is 11.7. The van der Waals surface area contributed by atoms with Crippen LogP contribution in [0.25, 0.3) is 0 Å². The van der Waals surface area contributed by atoms with Gasteiger partial charge in [0.1, 0.15) is 0 Å². The number of halogens is 1. The third-order valence-corrected chi connectivity index (χ3v) is 4.06. The number of hydrogen-bond acceptors (Lipinski definition) is 3. The zero-order chi connectivity index (χ0) is 15.1. The fraction of sp³-hybridized carbons (Fsp3) is 0.438. The van der Waals surface area contributed by atoms with Crippen LogP contribution in [0.1, 0.15) is 5.56 Å². The Morgan fingerprint density at radius 3 is 2.67 bits per heavy atom. The van der Waals surface area contributed by atoms with Gasteiger partial charge in [0.25, 0.3) is 0 Å². The standard InChI is InChI=1S/C16H22BrN3O/c1-2-6-18-16(21)13-20-9-7-19(8-10-20)12-14-4-3-5-15(17)11-14/h2-5,11H,1,6-10,12-13H2,(H,18,21). The lowest BCUT2D eigenvalue weighted by Gasteiger charge is -2.34. The molecule has 1 heterocycles. The van der Waals surface area contributed by atoms with E-state index in [0.717, 1.165) is 37.2 Å². The van der Waals surface area contributed by atoms with Gasteiger partial charge in [0.05, 0.1) is 6.54 Å². The molecular weight excluding hydrogens is 330 g/mol. The van der Waals surface area contributed by atoms with E-state index >= 15 is 0 Å². The van der Waals surface area contributed by atoms with Gasteiger partial charge in [0.2, 0.25) is 5.91 Å². The second kappa shape index (κ2) is 8.32. The molecule has 0 unspecified atom stereocenters. The van der Waals surface area contributed by atoms with Gasteiger partial charge < -0.3 is 5.32 Å². The van der Waals surface area contributed by atoms with Crippen molar-refractivity contribution in [3.8, 4) is 0 Å². The minimum atomic E-state index is 0.0790. The first-order valence-corrected chi connectivity index (χ1v) is 8.03. The zero-order valence-electron chi connectivity index (χ0n) is 12.2. The van der Waals surface area contributed by atoms with Gasteiger partial charge in [-0.3, -0.25) is 14.6 Å². The van der Waals surface area contributed by atoms with Crippen molar-refractivity contribution in [1.82, 2.24) is 15.1 Å². The highest BCUT2D eigenvalue weighted by atomic mass is 79.9. The molecule has 0 bridgehead atoms. The van der Waals surface area contributed by atoms with Gasteiger partial charge in [-0.2, -0.15) is 0 Å². The Morgan fingerprint density at radius 2 is 2.00 bits per heavy atom. The Balaban J connectivity index is 1.73. The molecule has 0 aromatic heterocycles. The predicted octanol–water partition coefficient (Wildman–Crippen LogP) is 1.87. The van der Waals surface area contributed by atoms with Crippen molar-refractivity contribution >= 4 is 21.8 Å². The van der Waals surface area contributed by atoms with Crippen LogP contribution >= 0.6 is 15.9 Å². The van der Waals surface area contributed by atoms with Gasteiger partial charge in [0.15, 0.2) is 0 Å². The monoisotopic (exact) mass is 351 g/mol. The maximum Gasteiger partial charge on any atom is 0.234 e. The van der Waals surface area contributed by atoms with E-state index in [1.807, 2.05) is 6.07 Å². The number of carbonyl (C=O) groups is 1. The molecule has 0 spiro atoms. The molecule has 4 nitrogen and oxygen atoms in total. The van der Waals surface area contributed by atoms with Gasteiger partial charge in [-0.1, -0.05) is 34.1 Å². The molecule has 114 valence electrons. The largest absolute Gasteiger partial charge is 0.352 e. The van der Waals surface area contributed by atoms with Crippen LogP contribution in [0.15, 0.2) is 41.4 Å². The first-order chi connectivity index (χ1) is 10.2. The summed E-state index contributed by atoms with van der Waals surface area (Å²) in [5.41, 5.74) is 1.32. The van der Waals surface area contributed by atoms with Gasteiger partial charge in [-0.15, -0.1) is 6.58 Å². The summed E-state index contributed by atoms with van der Waals surface area (Å²) >= 11 is 3.51. The van der Waals surface area contributed by atoms with Crippen molar-refractivity contribution in [1.29, 1.82) is 0 Å². The molecule has 1 aliphatic rings. The summed E-state index contributed by atoms with van der Waals surface area (Å²) in [7, 11) is 0. The average Bonchev–Trinajstić information content (AvgIpc) is 2.47. The third-order valence-electron chi connectivity index (χ3n) is 3.57. The summed E-state index contributed by atoms with van der Waals surface area (Å²) in [5, 5.41) is 2.82. The fourth-order valence-corrected chi connectivity index (χ4v) is 2.89. The van der Waals surface area contributed by atoms with Crippen LogP contribution in [-0.4, -0.2) is 55.0 Å². The number of nitrogens with zero attached hydrogens (tertiary/aromatic N) is 2. The van der Waals surface area contributed by atoms with Crippen molar-refractivity contribution < 1.29 is 4.79 Å². The molecule has 0 radical (unpaired) electrons. The Hall–Kier alpha value is -1.17. The van der Waals surface area contributed by atoms with Crippen molar-refractivity contribution in [3.63, 3.8) is 0 Å². The van der Waals surface area contributed by atoms with Crippen LogP contribution < -0.4 is 5.32 Å². The SMILES string of the molecule is C=CCNC(=O)CN1CCN(Cc2cccc(Br)c2)CC1. The van der Waals surface area contributed by atoms with Crippen LogP contribution in [-0.2, 0) is 11.3 Å². The lowest BCUT2D eigenvalue weighted by Crippen LogP contribution is -2.49. The minimum Gasteiger partial charge on any atom is -0.352 e. The fourth-order valence-electron chi connectivity index (χ4n) is 2.44. The first kappa shape index (κ1) is 16.2. The molecule has 2 rings (SSSR count). The summed E-state index contributed by atoms with van der Waals surface area (Å²) in [5.74, 6) is 0.0790. The van der Waals surface area contributed by atoms with Gasteiger partial charge >= 0.3 is 0 Å². The average molecular weight is 352 g/mol. The molecule has 1 amide bonds. The van der Waals surface area contributed by atoms with Crippen molar-refractivity contribution in [2.75, 3.05) is 39.3 Å². The van der Waals surface area contributed by atoms with E-state index < -0.39 is 0 Å². The molecule has 1 N–H and O–H groups in total. The van der Waals surface area contributed by atoms with E-state index in [-0.39, 0.29) is 5.91 Å².